The summed E-state index contributed by atoms with van der Waals surface area (Å²) in [6, 6.07) is 3.81. The topological polar surface area (TPSA) is 49.3 Å². The summed E-state index contributed by atoms with van der Waals surface area (Å²) in [4.78, 5) is 11.8. The van der Waals surface area contributed by atoms with E-state index in [1.54, 1.807) is 6.92 Å². The Bertz CT molecular complexity index is 522. The van der Waals surface area contributed by atoms with Gasteiger partial charge in [0.2, 0.25) is 0 Å². The van der Waals surface area contributed by atoms with Crippen LogP contribution in [0.25, 0.3) is 0 Å². The van der Waals surface area contributed by atoms with Crippen LogP contribution < -0.4 is 5.32 Å². The molecule has 0 aromatic heterocycles. The van der Waals surface area contributed by atoms with Gasteiger partial charge in [0.25, 0.3) is 0 Å². The van der Waals surface area contributed by atoms with Gasteiger partial charge in [-0.3, -0.25) is 10.1 Å². The van der Waals surface area contributed by atoms with Gasteiger partial charge in [-0.05, 0) is 50.5 Å². The number of thioether (sulfide) groups is 1. The molecule has 0 spiro atoms. The molecule has 2 rings (SSSR count). The summed E-state index contributed by atoms with van der Waals surface area (Å²) in [5, 5.41) is 12.5. The van der Waals surface area contributed by atoms with Gasteiger partial charge in [0.05, 0.1) is 0 Å². The number of rotatable bonds is 8. The maximum absolute atomic E-state index is 13.5. The lowest BCUT2D eigenvalue weighted by Gasteiger charge is -2.26. The molecule has 1 aromatic rings. The molecule has 0 amide bonds. The van der Waals surface area contributed by atoms with Crippen LogP contribution in [0.4, 0.5) is 8.78 Å². The highest BCUT2D eigenvalue weighted by atomic mass is 32.2. The third-order valence-electron chi connectivity index (χ3n) is 3.54. The van der Waals surface area contributed by atoms with Crippen LogP contribution in [0, 0.1) is 11.6 Å². The van der Waals surface area contributed by atoms with Crippen molar-refractivity contribution in [1.29, 1.82) is 0 Å². The summed E-state index contributed by atoms with van der Waals surface area (Å²) in [7, 11) is 0. The van der Waals surface area contributed by atoms with Crippen molar-refractivity contribution in [2.75, 3.05) is 5.75 Å². The quantitative estimate of drug-likeness (QED) is 0.570. The van der Waals surface area contributed by atoms with E-state index in [2.05, 4.69) is 5.32 Å². The molecular weight excluding hydrogens is 296 g/mol. The summed E-state index contributed by atoms with van der Waals surface area (Å²) in [6.07, 6.45) is 3.18. The number of carboxylic acid groups (broad SMARTS) is 1. The van der Waals surface area contributed by atoms with Gasteiger partial charge in [0, 0.05) is 17.0 Å². The second-order valence-corrected chi connectivity index (χ2v) is 6.72. The Balaban J connectivity index is 1.80. The number of benzene rings is 1. The summed E-state index contributed by atoms with van der Waals surface area (Å²) >= 11 is 1.28. The Morgan fingerprint density at radius 3 is 2.76 bits per heavy atom. The van der Waals surface area contributed by atoms with Gasteiger partial charge >= 0.3 is 5.97 Å². The van der Waals surface area contributed by atoms with E-state index in [9.17, 15) is 18.7 Å². The number of aliphatic carboxylic acids is 1. The highest BCUT2D eigenvalue weighted by Crippen LogP contribution is 2.27. The van der Waals surface area contributed by atoms with E-state index in [1.807, 2.05) is 0 Å². The standard InChI is InChI=1S/C15H19F2NO2S/c1-15(14(19)20,18-11-4-5-11)7-2-8-21-13-6-3-10(16)9-12(13)17/h3,6,9,11,18H,2,4-5,7-8H2,1H3,(H,19,20). The van der Waals surface area contributed by atoms with Gasteiger partial charge in [-0.25, -0.2) is 8.78 Å². The Labute approximate surface area is 127 Å². The highest BCUT2D eigenvalue weighted by molar-refractivity contribution is 7.99. The van der Waals surface area contributed by atoms with Crippen molar-refractivity contribution in [2.45, 2.75) is 49.1 Å². The van der Waals surface area contributed by atoms with E-state index in [1.165, 1.54) is 23.9 Å². The number of carboxylic acids is 1. The van der Waals surface area contributed by atoms with Crippen LogP contribution in [0.2, 0.25) is 0 Å². The second-order valence-electron chi connectivity index (χ2n) is 5.58. The van der Waals surface area contributed by atoms with Gasteiger partial charge in [0.1, 0.15) is 17.2 Å². The van der Waals surface area contributed by atoms with Crippen LogP contribution >= 0.6 is 11.8 Å². The lowest BCUT2D eigenvalue weighted by atomic mass is 9.96. The zero-order valence-electron chi connectivity index (χ0n) is 11.9. The minimum Gasteiger partial charge on any atom is -0.480 e. The van der Waals surface area contributed by atoms with Crippen LogP contribution in [-0.4, -0.2) is 28.4 Å². The molecule has 1 unspecified atom stereocenters. The van der Waals surface area contributed by atoms with Gasteiger partial charge < -0.3 is 5.11 Å². The van der Waals surface area contributed by atoms with Crippen LogP contribution in [0.3, 0.4) is 0 Å². The van der Waals surface area contributed by atoms with Crippen molar-refractivity contribution in [3.63, 3.8) is 0 Å². The molecule has 1 aliphatic rings. The van der Waals surface area contributed by atoms with Crippen molar-refractivity contribution in [3.05, 3.63) is 29.8 Å². The first-order chi connectivity index (χ1) is 9.90. The molecule has 0 aliphatic heterocycles. The first kappa shape index (κ1) is 16.2. The van der Waals surface area contributed by atoms with Crippen molar-refractivity contribution in [1.82, 2.24) is 5.32 Å². The average molecular weight is 315 g/mol. The predicted octanol–water partition coefficient (Wildman–Crippen LogP) is 3.43. The van der Waals surface area contributed by atoms with Crippen LogP contribution in [0.1, 0.15) is 32.6 Å². The Morgan fingerprint density at radius 1 is 1.48 bits per heavy atom. The van der Waals surface area contributed by atoms with E-state index in [-0.39, 0.29) is 0 Å². The van der Waals surface area contributed by atoms with Crippen LogP contribution in [0.15, 0.2) is 23.1 Å². The molecule has 2 N–H and O–H groups in total. The van der Waals surface area contributed by atoms with Crippen molar-refractivity contribution >= 4 is 17.7 Å². The monoisotopic (exact) mass is 315 g/mol. The zero-order chi connectivity index (χ0) is 15.5. The van der Waals surface area contributed by atoms with Gasteiger partial charge in [-0.2, -0.15) is 0 Å². The lowest BCUT2D eigenvalue weighted by molar-refractivity contribution is -0.144. The lowest BCUT2D eigenvalue weighted by Crippen LogP contribution is -2.50. The molecule has 1 aliphatic carbocycles. The van der Waals surface area contributed by atoms with E-state index >= 15 is 0 Å². The molecule has 1 aromatic carbocycles. The first-order valence-electron chi connectivity index (χ1n) is 7.00. The zero-order valence-corrected chi connectivity index (χ0v) is 12.7. The molecule has 0 radical (unpaired) electrons. The maximum Gasteiger partial charge on any atom is 0.323 e. The van der Waals surface area contributed by atoms with E-state index in [4.69, 9.17) is 0 Å². The third-order valence-corrected chi connectivity index (χ3v) is 4.68. The Morgan fingerprint density at radius 2 is 2.19 bits per heavy atom. The second kappa shape index (κ2) is 6.75. The average Bonchev–Trinajstić information content (AvgIpc) is 3.20. The summed E-state index contributed by atoms with van der Waals surface area (Å²) < 4.78 is 26.2. The third kappa shape index (κ3) is 4.68. The molecule has 0 bridgehead atoms. The number of hydrogen-bond acceptors (Lipinski definition) is 3. The van der Waals surface area contributed by atoms with Gasteiger partial charge in [0.15, 0.2) is 0 Å². The molecule has 1 fully saturated rings. The predicted molar refractivity (Wildman–Crippen MR) is 78.5 cm³/mol. The normalized spacial score (nSPS) is 17.5. The van der Waals surface area contributed by atoms with Crippen molar-refractivity contribution in [2.24, 2.45) is 0 Å². The fraction of sp³-hybridized carbons (Fsp3) is 0.533. The minimum absolute atomic E-state index is 0.313. The smallest absolute Gasteiger partial charge is 0.323 e. The number of hydrogen-bond donors (Lipinski definition) is 2. The maximum atomic E-state index is 13.5. The SMILES string of the molecule is CC(CCCSc1ccc(F)cc1F)(NC1CC1)C(=O)O. The van der Waals surface area contributed by atoms with Crippen LogP contribution in [-0.2, 0) is 4.79 Å². The summed E-state index contributed by atoms with van der Waals surface area (Å²) in [5.74, 6) is -1.42. The fourth-order valence-electron chi connectivity index (χ4n) is 2.12. The molecular formula is C15H19F2NO2S. The van der Waals surface area contributed by atoms with Crippen molar-refractivity contribution in [3.8, 4) is 0 Å². The Hall–Kier alpha value is -1.14. The first-order valence-corrected chi connectivity index (χ1v) is 7.98. The number of carbonyl (C=O) groups is 1. The molecule has 0 heterocycles. The molecule has 0 saturated heterocycles. The molecule has 21 heavy (non-hydrogen) atoms. The molecule has 116 valence electrons. The molecule has 6 heteroatoms. The largest absolute Gasteiger partial charge is 0.480 e. The molecule has 1 atom stereocenters. The van der Waals surface area contributed by atoms with Gasteiger partial charge in [-0.1, -0.05) is 0 Å². The molecule has 3 nitrogen and oxygen atoms in total. The van der Waals surface area contributed by atoms with E-state index < -0.39 is 23.1 Å². The van der Waals surface area contributed by atoms with Crippen molar-refractivity contribution < 1.29 is 18.7 Å². The highest BCUT2D eigenvalue weighted by Gasteiger charge is 2.37. The number of nitrogens with one attached hydrogen (secondary N) is 1. The van der Waals surface area contributed by atoms with Crippen LogP contribution in [0.5, 0.6) is 0 Å². The number of halogens is 2. The van der Waals surface area contributed by atoms with E-state index in [0.29, 0.717) is 29.5 Å². The van der Waals surface area contributed by atoms with E-state index in [0.717, 1.165) is 18.9 Å². The Kier molecular flexibility index (Phi) is 5.22. The molecule has 1 saturated carbocycles. The fourth-order valence-corrected chi connectivity index (χ4v) is 2.99. The summed E-state index contributed by atoms with van der Waals surface area (Å²) in [6.45, 7) is 1.69. The summed E-state index contributed by atoms with van der Waals surface area (Å²) in [5.41, 5.74) is -0.928. The minimum atomic E-state index is -0.928. The van der Waals surface area contributed by atoms with Gasteiger partial charge in [-0.15, -0.1) is 11.8 Å².